The van der Waals surface area contributed by atoms with Crippen molar-refractivity contribution in [2.45, 2.75) is 25.2 Å². The number of aromatic nitrogens is 1. The van der Waals surface area contributed by atoms with E-state index < -0.39 is 15.8 Å². The Bertz CT molecular complexity index is 1010. The Morgan fingerprint density at radius 1 is 1.16 bits per heavy atom. The molecule has 1 N–H and O–H groups in total. The van der Waals surface area contributed by atoms with Crippen LogP contribution in [0.1, 0.15) is 18.2 Å². The van der Waals surface area contributed by atoms with Crippen LogP contribution >= 0.6 is 0 Å². The fraction of sp³-hybridized carbons (Fsp3) is 0.167. The molecular weight excluding hydrogens is 343 g/mol. The molecule has 0 spiro atoms. The highest BCUT2D eigenvalue weighted by Crippen LogP contribution is 2.28. The zero-order chi connectivity index (χ0) is 18.0. The second kappa shape index (κ2) is 6.68. The summed E-state index contributed by atoms with van der Waals surface area (Å²) in [5.41, 5.74) is 1.82. The SMILES string of the molecule is CCc1ccc(-c2cc(C)no2)cc1S(=O)(=O)Nc1ccccc1F. The maximum atomic E-state index is 13.8. The summed E-state index contributed by atoms with van der Waals surface area (Å²) in [7, 11) is -3.95. The Labute approximate surface area is 145 Å². The Morgan fingerprint density at radius 2 is 1.92 bits per heavy atom. The second-order valence-electron chi connectivity index (χ2n) is 5.59. The lowest BCUT2D eigenvalue weighted by Gasteiger charge is -2.13. The minimum absolute atomic E-state index is 0.0878. The van der Waals surface area contributed by atoms with Crippen LogP contribution in [0, 0.1) is 12.7 Å². The Hall–Kier alpha value is -2.67. The standard InChI is InChI=1S/C18H17FN2O3S/c1-3-13-8-9-14(17-10-12(2)20-24-17)11-18(13)25(22,23)21-16-7-5-4-6-15(16)19/h4-11,21H,3H2,1-2H3. The summed E-state index contributed by atoms with van der Waals surface area (Å²) >= 11 is 0. The van der Waals surface area contributed by atoms with Crippen LogP contribution in [0.4, 0.5) is 10.1 Å². The molecule has 0 saturated heterocycles. The van der Waals surface area contributed by atoms with Gasteiger partial charge in [0.05, 0.1) is 16.3 Å². The van der Waals surface area contributed by atoms with Crippen LogP contribution in [0.15, 0.2) is 57.9 Å². The molecule has 0 atom stereocenters. The van der Waals surface area contributed by atoms with Crippen LogP contribution in [0.5, 0.6) is 0 Å². The number of hydrogen-bond acceptors (Lipinski definition) is 4. The smallest absolute Gasteiger partial charge is 0.262 e. The van der Waals surface area contributed by atoms with Gasteiger partial charge in [0.1, 0.15) is 5.82 Å². The summed E-state index contributed by atoms with van der Waals surface area (Å²) in [4.78, 5) is 0.0878. The highest BCUT2D eigenvalue weighted by Gasteiger charge is 2.21. The summed E-state index contributed by atoms with van der Waals surface area (Å²) in [5, 5.41) is 3.82. The summed E-state index contributed by atoms with van der Waals surface area (Å²) in [6.45, 7) is 3.64. The monoisotopic (exact) mass is 360 g/mol. The number of nitrogens with one attached hydrogen (secondary N) is 1. The molecule has 0 aliphatic rings. The first-order chi connectivity index (χ1) is 11.9. The van der Waals surface area contributed by atoms with E-state index in [0.29, 0.717) is 29.0 Å². The lowest BCUT2D eigenvalue weighted by molar-refractivity contribution is 0.427. The zero-order valence-electron chi connectivity index (χ0n) is 13.8. The normalized spacial score (nSPS) is 11.5. The van der Waals surface area contributed by atoms with E-state index in [1.807, 2.05) is 6.92 Å². The minimum Gasteiger partial charge on any atom is -0.356 e. The van der Waals surface area contributed by atoms with Crippen molar-refractivity contribution in [3.63, 3.8) is 0 Å². The van der Waals surface area contributed by atoms with Crippen LogP contribution in [0.25, 0.3) is 11.3 Å². The highest BCUT2D eigenvalue weighted by molar-refractivity contribution is 7.92. The maximum absolute atomic E-state index is 13.8. The molecule has 0 unspecified atom stereocenters. The molecule has 0 fully saturated rings. The summed E-state index contributed by atoms with van der Waals surface area (Å²) in [5.74, 6) is -0.159. The van der Waals surface area contributed by atoms with Crippen molar-refractivity contribution in [3.8, 4) is 11.3 Å². The van der Waals surface area contributed by atoms with Crippen LogP contribution in [-0.2, 0) is 16.4 Å². The van der Waals surface area contributed by atoms with E-state index in [1.54, 1.807) is 31.2 Å². The first-order valence-electron chi connectivity index (χ1n) is 7.74. The molecule has 7 heteroatoms. The van der Waals surface area contributed by atoms with Crippen molar-refractivity contribution in [2.24, 2.45) is 0 Å². The van der Waals surface area contributed by atoms with E-state index in [1.165, 1.54) is 24.3 Å². The maximum Gasteiger partial charge on any atom is 0.262 e. The van der Waals surface area contributed by atoms with E-state index in [9.17, 15) is 12.8 Å². The third kappa shape index (κ3) is 3.56. The van der Waals surface area contributed by atoms with Gasteiger partial charge in [0.25, 0.3) is 10.0 Å². The van der Waals surface area contributed by atoms with Gasteiger partial charge in [-0.25, -0.2) is 12.8 Å². The molecule has 130 valence electrons. The lowest BCUT2D eigenvalue weighted by atomic mass is 10.1. The van der Waals surface area contributed by atoms with Crippen molar-refractivity contribution in [2.75, 3.05) is 4.72 Å². The molecule has 0 bridgehead atoms. The zero-order valence-corrected chi connectivity index (χ0v) is 14.6. The Kier molecular flexibility index (Phi) is 4.59. The van der Waals surface area contributed by atoms with Crippen molar-refractivity contribution in [1.82, 2.24) is 5.16 Å². The highest BCUT2D eigenvalue weighted by atomic mass is 32.2. The van der Waals surface area contributed by atoms with Crippen LogP contribution in [-0.4, -0.2) is 13.6 Å². The quantitative estimate of drug-likeness (QED) is 0.742. The molecule has 0 amide bonds. The van der Waals surface area contributed by atoms with E-state index in [0.717, 1.165) is 0 Å². The Morgan fingerprint density at radius 3 is 2.56 bits per heavy atom. The minimum atomic E-state index is -3.95. The molecule has 1 aromatic heterocycles. The predicted molar refractivity (Wildman–Crippen MR) is 93.3 cm³/mol. The molecule has 25 heavy (non-hydrogen) atoms. The summed E-state index contributed by atoms with van der Waals surface area (Å²) in [6.07, 6.45) is 0.517. The molecule has 5 nitrogen and oxygen atoms in total. The van der Waals surface area contributed by atoms with Crippen molar-refractivity contribution in [3.05, 3.63) is 65.6 Å². The number of para-hydroxylation sites is 1. The van der Waals surface area contributed by atoms with Crippen molar-refractivity contribution in [1.29, 1.82) is 0 Å². The summed E-state index contributed by atoms with van der Waals surface area (Å²) < 4.78 is 46.9. The number of hydrogen-bond donors (Lipinski definition) is 1. The van der Waals surface area contributed by atoms with Gasteiger partial charge in [-0.15, -0.1) is 0 Å². The molecule has 0 saturated carbocycles. The van der Waals surface area contributed by atoms with Gasteiger partial charge in [0.15, 0.2) is 5.76 Å². The van der Waals surface area contributed by atoms with Gasteiger partial charge < -0.3 is 4.52 Å². The predicted octanol–water partition coefficient (Wildman–Crippen LogP) is 4.15. The van der Waals surface area contributed by atoms with Gasteiger partial charge in [0.2, 0.25) is 0 Å². The van der Waals surface area contributed by atoms with E-state index in [2.05, 4.69) is 9.88 Å². The van der Waals surface area contributed by atoms with E-state index in [4.69, 9.17) is 4.52 Å². The first-order valence-corrected chi connectivity index (χ1v) is 9.23. The van der Waals surface area contributed by atoms with Gasteiger partial charge >= 0.3 is 0 Å². The topological polar surface area (TPSA) is 72.2 Å². The fourth-order valence-electron chi connectivity index (χ4n) is 2.49. The molecule has 2 aromatic carbocycles. The number of halogens is 1. The largest absolute Gasteiger partial charge is 0.356 e. The van der Waals surface area contributed by atoms with Crippen molar-refractivity contribution >= 4 is 15.7 Å². The average molecular weight is 360 g/mol. The van der Waals surface area contributed by atoms with Crippen LogP contribution in [0.2, 0.25) is 0 Å². The van der Waals surface area contributed by atoms with Gasteiger partial charge in [-0.3, -0.25) is 4.72 Å². The first kappa shape index (κ1) is 17.2. The molecule has 3 aromatic rings. The molecule has 0 aliphatic carbocycles. The van der Waals surface area contributed by atoms with Gasteiger partial charge in [-0.05, 0) is 37.1 Å². The fourth-order valence-corrected chi connectivity index (χ4v) is 3.90. The van der Waals surface area contributed by atoms with Gasteiger partial charge in [-0.2, -0.15) is 0 Å². The van der Waals surface area contributed by atoms with E-state index in [-0.39, 0.29) is 10.6 Å². The number of nitrogens with zero attached hydrogens (tertiary/aromatic N) is 1. The second-order valence-corrected chi connectivity index (χ2v) is 7.24. The molecule has 0 radical (unpaired) electrons. The molecule has 3 rings (SSSR count). The Balaban J connectivity index is 2.06. The number of rotatable bonds is 5. The molecule has 1 heterocycles. The number of aryl methyl sites for hydroxylation is 2. The number of benzene rings is 2. The van der Waals surface area contributed by atoms with Crippen LogP contribution in [0.3, 0.4) is 0 Å². The molecule has 0 aliphatic heterocycles. The molecular formula is C18H17FN2O3S. The van der Waals surface area contributed by atoms with Gasteiger partial charge in [-0.1, -0.05) is 36.3 Å². The summed E-state index contributed by atoms with van der Waals surface area (Å²) in [6, 6.07) is 12.4. The average Bonchev–Trinajstić information content (AvgIpc) is 3.02. The number of anilines is 1. The third-order valence-electron chi connectivity index (χ3n) is 3.77. The third-order valence-corrected chi connectivity index (χ3v) is 5.22. The number of sulfonamides is 1. The van der Waals surface area contributed by atoms with Crippen LogP contribution < -0.4 is 4.72 Å². The van der Waals surface area contributed by atoms with Crippen molar-refractivity contribution < 1.29 is 17.3 Å². The van der Waals surface area contributed by atoms with Gasteiger partial charge in [0, 0.05) is 11.6 Å². The lowest BCUT2D eigenvalue weighted by Crippen LogP contribution is -2.16. The van der Waals surface area contributed by atoms with E-state index >= 15 is 0 Å².